The van der Waals surface area contributed by atoms with Gasteiger partial charge in [0.25, 0.3) is 11.8 Å². The molecule has 0 aliphatic carbocycles. The Morgan fingerprint density at radius 1 is 1.12 bits per heavy atom. The summed E-state index contributed by atoms with van der Waals surface area (Å²) in [6, 6.07) is 7.49. The lowest BCUT2D eigenvalue weighted by Gasteiger charge is -2.14. The van der Waals surface area contributed by atoms with Gasteiger partial charge in [0.1, 0.15) is 28.1 Å². The van der Waals surface area contributed by atoms with Crippen LogP contribution in [0.2, 0.25) is 0 Å². The third-order valence-corrected chi connectivity index (χ3v) is 7.26. The fraction of sp³-hybridized carbons (Fsp3) is 0.269. The summed E-state index contributed by atoms with van der Waals surface area (Å²) in [6.45, 7) is 3.31. The Bertz CT molecular complexity index is 1570. The van der Waals surface area contributed by atoms with Gasteiger partial charge in [-0.1, -0.05) is 22.6 Å². The van der Waals surface area contributed by atoms with Crippen LogP contribution in [0, 0.1) is 11.6 Å². The van der Waals surface area contributed by atoms with Crippen LogP contribution < -0.4 is 26.4 Å². The van der Waals surface area contributed by atoms with E-state index < -0.39 is 23.6 Å². The summed E-state index contributed by atoms with van der Waals surface area (Å²) in [5, 5.41) is 11.8. The van der Waals surface area contributed by atoms with Crippen molar-refractivity contribution in [3.05, 3.63) is 53.6 Å². The van der Waals surface area contributed by atoms with Crippen molar-refractivity contribution in [2.45, 2.75) is 12.8 Å². The smallest absolute Gasteiger partial charge is 0.321 e. The van der Waals surface area contributed by atoms with E-state index in [1.54, 1.807) is 12.1 Å². The maximum atomic E-state index is 14.7. The molecule has 4 aromatic rings. The number of halogens is 2. The van der Waals surface area contributed by atoms with Crippen molar-refractivity contribution in [3.63, 3.8) is 0 Å². The number of rotatable bonds is 9. The van der Waals surface area contributed by atoms with Gasteiger partial charge in [0.15, 0.2) is 5.13 Å². The Labute approximate surface area is 236 Å². The molecular formula is C26H26F2N8O4S. The lowest BCUT2D eigenvalue weighted by Crippen LogP contribution is -2.35. The van der Waals surface area contributed by atoms with Crippen molar-refractivity contribution in [1.82, 2.24) is 25.3 Å². The van der Waals surface area contributed by atoms with Crippen LogP contribution in [0.1, 0.15) is 23.2 Å². The molecule has 15 heteroatoms. The molecule has 214 valence electrons. The van der Waals surface area contributed by atoms with E-state index in [1.165, 1.54) is 32.1 Å². The Kier molecular flexibility index (Phi) is 8.35. The van der Waals surface area contributed by atoms with Crippen molar-refractivity contribution in [3.8, 4) is 27.9 Å². The first kappa shape index (κ1) is 27.9. The van der Waals surface area contributed by atoms with E-state index in [9.17, 15) is 18.4 Å². The van der Waals surface area contributed by atoms with Gasteiger partial charge in [0.05, 0.1) is 18.4 Å². The van der Waals surface area contributed by atoms with E-state index in [-0.39, 0.29) is 44.4 Å². The standard InChI is InChI=1S/C26H26F2N8O4S/c1-39-15-6-4-5-14(11-15)23(37)31-19-12-16(17(27)13-18(19)28)22-33-24(40-35-22)20-21(29)32-26(41-20)34-25(38)30-7-10-36-8-2-3-9-36/h4-6,11-13H,2-3,7-10,29H2,1H3,(H,31,37)(H2,30,32,34,38). The van der Waals surface area contributed by atoms with Gasteiger partial charge in [0, 0.05) is 24.7 Å². The molecule has 1 aliphatic heterocycles. The van der Waals surface area contributed by atoms with Crippen molar-refractivity contribution in [1.29, 1.82) is 0 Å². The minimum absolute atomic E-state index is 0.0170. The van der Waals surface area contributed by atoms with Crippen LogP contribution >= 0.6 is 11.3 Å². The van der Waals surface area contributed by atoms with Crippen molar-refractivity contribution in [2.24, 2.45) is 0 Å². The largest absolute Gasteiger partial charge is 0.497 e. The topological polar surface area (TPSA) is 161 Å². The molecule has 3 heterocycles. The number of nitrogens with one attached hydrogen (secondary N) is 3. The maximum absolute atomic E-state index is 14.7. The molecule has 0 spiro atoms. The van der Waals surface area contributed by atoms with Crippen molar-refractivity contribution >= 4 is 39.9 Å². The van der Waals surface area contributed by atoms with Crippen LogP contribution in [0.3, 0.4) is 0 Å². The van der Waals surface area contributed by atoms with Crippen LogP contribution in [-0.2, 0) is 0 Å². The van der Waals surface area contributed by atoms with Crippen LogP contribution in [0.25, 0.3) is 22.2 Å². The molecule has 41 heavy (non-hydrogen) atoms. The molecular weight excluding hydrogens is 558 g/mol. The Morgan fingerprint density at radius 2 is 1.93 bits per heavy atom. The highest BCUT2D eigenvalue weighted by Crippen LogP contribution is 2.35. The number of carbonyl (C=O) groups excluding carboxylic acids is 2. The average molecular weight is 585 g/mol. The number of urea groups is 1. The van der Waals surface area contributed by atoms with Gasteiger partial charge in [-0.2, -0.15) is 4.98 Å². The second kappa shape index (κ2) is 12.3. The number of nitrogens with zero attached hydrogens (tertiary/aromatic N) is 4. The minimum Gasteiger partial charge on any atom is -0.497 e. The van der Waals surface area contributed by atoms with Crippen LogP contribution in [0.15, 0.2) is 40.9 Å². The van der Waals surface area contributed by atoms with E-state index in [0.717, 1.165) is 37.0 Å². The molecule has 0 radical (unpaired) electrons. The predicted octanol–water partition coefficient (Wildman–Crippen LogP) is 4.20. The zero-order valence-corrected chi connectivity index (χ0v) is 22.7. The van der Waals surface area contributed by atoms with E-state index >= 15 is 0 Å². The Hall–Kier alpha value is -4.63. The fourth-order valence-electron chi connectivity index (χ4n) is 4.21. The number of thiazole rings is 1. The number of nitrogen functional groups attached to an aromatic ring is 1. The van der Waals surface area contributed by atoms with Crippen LogP contribution in [0.5, 0.6) is 5.75 Å². The molecule has 5 rings (SSSR count). The number of nitrogens with two attached hydrogens (primary N) is 1. The summed E-state index contributed by atoms with van der Waals surface area (Å²) in [7, 11) is 1.45. The summed E-state index contributed by atoms with van der Waals surface area (Å²) in [5.41, 5.74) is 5.69. The van der Waals surface area contributed by atoms with Crippen molar-refractivity contribution in [2.75, 3.05) is 49.7 Å². The second-order valence-electron chi connectivity index (χ2n) is 9.08. The number of aromatic nitrogens is 3. The number of hydrogen-bond acceptors (Lipinski definition) is 10. The van der Waals surface area contributed by atoms with E-state index in [4.69, 9.17) is 15.0 Å². The van der Waals surface area contributed by atoms with Gasteiger partial charge < -0.3 is 30.5 Å². The highest BCUT2D eigenvalue weighted by Gasteiger charge is 2.22. The molecule has 1 saturated heterocycles. The molecule has 0 bridgehead atoms. The lowest BCUT2D eigenvalue weighted by molar-refractivity contribution is 0.102. The SMILES string of the molecule is COc1cccc(C(=O)Nc2cc(-c3noc(-c4sc(NC(=O)NCCN5CCCC5)nc4N)n3)c(F)cc2F)c1. The molecule has 1 fully saturated rings. The maximum Gasteiger partial charge on any atom is 0.321 e. The van der Waals surface area contributed by atoms with E-state index in [2.05, 4.69) is 36.0 Å². The molecule has 2 aromatic heterocycles. The first-order chi connectivity index (χ1) is 19.8. The molecule has 0 unspecified atom stereocenters. The molecule has 5 N–H and O–H groups in total. The molecule has 0 atom stereocenters. The highest BCUT2D eigenvalue weighted by atomic mass is 32.1. The number of likely N-dealkylation sites (tertiary alicyclic amines) is 1. The zero-order chi connectivity index (χ0) is 28.9. The summed E-state index contributed by atoms with van der Waals surface area (Å²) in [6.07, 6.45) is 2.33. The van der Waals surface area contributed by atoms with Gasteiger partial charge in [-0.25, -0.2) is 18.6 Å². The van der Waals surface area contributed by atoms with Crippen LogP contribution in [0.4, 0.5) is 30.2 Å². The predicted molar refractivity (Wildman–Crippen MR) is 149 cm³/mol. The molecule has 1 aliphatic rings. The third kappa shape index (κ3) is 6.58. The summed E-state index contributed by atoms with van der Waals surface area (Å²) >= 11 is 0.991. The zero-order valence-electron chi connectivity index (χ0n) is 21.9. The number of benzene rings is 2. The number of methoxy groups -OCH3 is 1. The van der Waals surface area contributed by atoms with E-state index in [1.807, 2.05) is 0 Å². The molecule has 12 nitrogen and oxygen atoms in total. The molecule has 3 amide bonds. The van der Waals surface area contributed by atoms with Crippen LogP contribution in [-0.4, -0.2) is 65.3 Å². The average Bonchev–Trinajstić information content (AvgIpc) is 3.72. The summed E-state index contributed by atoms with van der Waals surface area (Å²) < 4.78 is 39.6. The number of carbonyl (C=O) groups is 2. The number of hydrogen-bond donors (Lipinski definition) is 4. The van der Waals surface area contributed by atoms with Gasteiger partial charge in [0.2, 0.25) is 5.82 Å². The highest BCUT2D eigenvalue weighted by molar-refractivity contribution is 7.19. The normalized spacial score (nSPS) is 13.2. The molecule has 0 saturated carbocycles. The number of anilines is 3. The summed E-state index contributed by atoms with van der Waals surface area (Å²) in [5.74, 6) is -2.43. The Balaban J connectivity index is 1.28. The quantitative estimate of drug-likeness (QED) is 0.226. The second-order valence-corrected chi connectivity index (χ2v) is 10.1. The van der Waals surface area contributed by atoms with E-state index in [0.29, 0.717) is 18.4 Å². The van der Waals surface area contributed by atoms with Gasteiger partial charge in [-0.15, -0.1) is 0 Å². The first-order valence-corrected chi connectivity index (χ1v) is 13.4. The van der Waals surface area contributed by atoms with Gasteiger partial charge in [-0.05, 0) is 50.2 Å². The lowest BCUT2D eigenvalue weighted by atomic mass is 10.1. The van der Waals surface area contributed by atoms with Crippen molar-refractivity contribution < 1.29 is 27.6 Å². The number of ether oxygens (including phenoxy) is 1. The summed E-state index contributed by atoms with van der Waals surface area (Å²) in [4.78, 5) is 35.7. The number of amides is 3. The van der Waals surface area contributed by atoms with Gasteiger partial charge in [-0.3, -0.25) is 10.1 Å². The first-order valence-electron chi connectivity index (χ1n) is 12.6. The minimum atomic E-state index is -0.993. The molecule has 2 aromatic carbocycles. The van der Waals surface area contributed by atoms with Gasteiger partial charge >= 0.3 is 6.03 Å². The fourth-order valence-corrected chi connectivity index (χ4v) is 5.02. The monoisotopic (exact) mass is 584 g/mol. The third-order valence-electron chi connectivity index (χ3n) is 6.28. The Morgan fingerprint density at radius 3 is 2.71 bits per heavy atom.